The van der Waals surface area contributed by atoms with Crippen LogP contribution < -0.4 is 10.1 Å². The predicted molar refractivity (Wildman–Crippen MR) is 84.6 cm³/mol. The van der Waals surface area contributed by atoms with Crippen LogP contribution in [0.4, 0.5) is 4.39 Å². The topological polar surface area (TPSA) is 75.6 Å². The number of aryl methyl sites for hydroxylation is 1. The van der Waals surface area contributed by atoms with E-state index >= 15 is 0 Å². The smallest absolute Gasteiger partial charge is 0.346 e. The molecule has 5 nitrogen and oxygen atoms in total. The van der Waals surface area contributed by atoms with Crippen LogP contribution in [-0.4, -0.2) is 29.6 Å². The van der Waals surface area contributed by atoms with Gasteiger partial charge in [0.05, 0.1) is 12.1 Å². The number of carboxylic acid groups (broad SMARTS) is 1. The standard InChI is InChI=1S/C16H16FNO4S/c1-9-10(2)23-8-13(9)15(19)18-7-14(16(20)21)22-12-5-3-11(17)4-6-12/h3-6,8,14H,7H2,1-2H3,(H,18,19)(H,20,21). The van der Waals surface area contributed by atoms with Crippen molar-refractivity contribution in [3.63, 3.8) is 0 Å². The van der Waals surface area contributed by atoms with Gasteiger partial charge in [0.2, 0.25) is 6.10 Å². The van der Waals surface area contributed by atoms with E-state index in [2.05, 4.69) is 5.32 Å². The average Bonchev–Trinajstić information content (AvgIpc) is 2.84. The summed E-state index contributed by atoms with van der Waals surface area (Å²) in [6.07, 6.45) is -1.26. The lowest BCUT2D eigenvalue weighted by molar-refractivity contribution is -0.144. The van der Waals surface area contributed by atoms with Crippen molar-refractivity contribution in [2.45, 2.75) is 20.0 Å². The molecule has 2 aromatic rings. The number of ether oxygens (including phenoxy) is 1. The minimum Gasteiger partial charge on any atom is -0.478 e. The van der Waals surface area contributed by atoms with Crippen LogP contribution in [0.25, 0.3) is 0 Å². The molecule has 122 valence electrons. The Morgan fingerprint density at radius 3 is 2.48 bits per heavy atom. The van der Waals surface area contributed by atoms with Crippen molar-refractivity contribution >= 4 is 23.2 Å². The summed E-state index contributed by atoms with van der Waals surface area (Å²) >= 11 is 1.46. The Kier molecular flexibility index (Phi) is 5.33. The Morgan fingerprint density at radius 2 is 1.96 bits per heavy atom. The third kappa shape index (κ3) is 4.29. The van der Waals surface area contributed by atoms with Gasteiger partial charge in [-0.2, -0.15) is 0 Å². The monoisotopic (exact) mass is 337 g/mol. The van der Waals surface area contributed by atoms with Crippen LogP contribution in [0, 0.1) is 19.7 Å². The Balaban J connectivity index is 2.00. The minimum absolute atomic E-state index is 0.195. The SMILES string of the molecule is Cc1scc(C(=O)NCC(Oc2ccc(F)cc2)C(=O)O)c1C. The summed E-state index contributed by atoms with van der Waals surface area (Å²) in [5, 5.41) is 13.5. The van der Waals surface area contributed by atoms with Crippen LogP contribution in [-0.2, 0) is 4.79 Å². The van der Waals surface area contributed by atoms with E-state index < -0.39 is 17.9 Å². The molecule has 7 heteroatoms. The molecular weight excluding hydrogens is 321 g/mol. The van der Waals surface area contributed by atoms with Crippen LogP contribution in [0.2, 0.25) is 0 Å². The zero-order valence-electron chi connectivity index (χ0n) is 12.6. The Morgan fingerprint density at radius 1 is 1.30 bits per heavy atom. The summed E-state index contributed by atoms with van der Waals surface area (Å²) in [5.41, 5.74) is 1.40. The third-order valence-electron chi connectivity index (χ3n) is 3.35. The molecule has 23 heavy (non-hydrogen) atoms. The molecule has 1 heterocycles. The highest BCUT2D eigenvalue weighted by molar-refractivity contribution is 7.10. The molecule has 0 aliphatic heterocycles. The summed E-state index contributed by atoms with van der Waals surface area (Å²) in [6.45, 7) is 3.55. The molecular formula is C16H16FNO4S. The van der Waals surface area contributed by atoms with Crippen molar-refractivity contribution in [2.24, 2.45) is 0 Å². The second-order valence-corrected chi connectivity index (χ2v) is 6.02. The second-order valence-electron chi connectivity index (χ2n) is 4.94. The van der Waals surface area contributed by atoms with E-state index in [0.29, 0.717) is 5.56 Å². The lowest BCUT2D eigenvalue weighted by atomic mass is 10.1. The molecule has 0 saturated heterocycles. The molecule has 1 aromatic carbocycles. The first-order valence-electron chi connectivity index (χ1n) is 6.86. The summed E-state index contributed by atoms with van der Waals surface area (Å²) in [4.78, 5) is 24.4. The largest absolute Gasteiger partial charge is 0.478 e. The van der Waals surface area contributed by atoms with Gasteiger partial charge in [-0.25, -0.2) is 9.18 Å². The number of benzene rings is 1. The van der Waals surface area contributed by atoms with Gasteiger partial charge in [-0.1, -0.05) is 0 Å². The fourth-order valence-electron chi connectivity index (χ4n) is 1.87. The zero-order chi connectivity index (χ0) is 17.0. The minimum atomic E-state index is -1.26. The highest BCUT2D eigenvalue weighted by Gasteiger charge is 2.21. The van der Waals surface area contributed by atoms with Gasteiger partial charge in [0, 0.05) is 10.3 Å². The maximum absolute atomic E-state index is 12.8. The van der Waals surface area contributed by atoms with E-state index in [-0.39, 0.29) is 18.2 Å². The van der Waals surface area contributed by atoms with Crippen LogP contribution >= 0.6 is 11.3 Å². The van der Waals surface area contributed by atoms with Crippen LogP contribution in [0.5, 0.6) is 5.75 Å². The van der Waals surface area contributed by atoms with Gasteiger partial charge in [-0.15, -0.1) is 11.3 Å². The van der Waals surface area contributed by atoms with Crippen molar-refractivity contribution in [3.8, 4) is 5.75 Å². The first-order chi connectivity index (χ1) is 10.9. The van der Waals surface area contributed by atoms with Gasteiger partial charge in [0.15, 0.2) is 0 Å². The number of thiophene rings is 1. The van der Waals surface area contributed by atoms with Crippen LogP contribution in [0.3, 0.4) is 0 Å². The predicted octanol–water partition coefficient (Wildman–Crippen LogP) is 2.77. The molecule has 0 saturated carbocycles. The molecule has 0 spiro atoms. The summed E-state index contributed by atoms with van der Waals surface area (Å²) in [5.74, 6) is -1.79. The fourth-order valence-corrected chi connectivity index (χ4v) is 2.74. The lowest BCUT2D eigenvalue weighted by Crippen LogP contribution is -2.40. The molecule has 1 aromatic heterocycles. The zero-order valence-corrected chi connectivity index (χ0v) is 13.4. The van der Waals surface area contributed by atoms with Crippen molar-refractivity contribution in [3.05, 3.63) is 51.5 Å². The molecule has 1 amide bonds. The van der Waals surface area contributed by atoms with Crippen molar-refractivity contribution in [1.29, 1.82) is 0 Å². The van der Waals surface area contributed by atoms with Gasteiger partial charge in [0.25, 0.3) is 5.91 Å². The molecule has 0 bridgehead atoms. The van der Waals surface area contributed by atoms with E-state index in [1.165, 1.54) is 35.6 Å². The molecule has 2 rings (SSSR count). The van der Waals surface area contributed by atoms with Gasteiger partial charge < -0.3 is 15.2 Å². The highest BCUT2D eigenvalue weighted by Crippen LogP contribution is 2.20. The summed E-state index contributed by atoms with van der Waals surface area (Å²) in [6, 6.07) is 5.01. The first kappa shape index (κ1) is 17.0. The fraction of sp³-hybridized carbons (Fsp3) is 0.250. The number of rotatable bonds is 6. The molecule has 0 aliphatic rings. The first-order valence-corrected chi connectivity index (χ1v) is 7.74. The van der Waals surface area contributed by atoms with Crippen molar-refractivity contribution in [2.75, 3.05) is 6.54 Å². The molecule has 1 atom stereocenters. The molecule has 0 radical (unpaired) electrons. The number of carbonyl (C=O) groups is 2. The van der Waals surface area contributed by atoms with Gasteiger partial charge in [-0.3, -0.25) is 4.79 Å². The van der Waals surface area contributed by atoms with Gasteiger partial charge >= 0.3 is 5.97 Å². The normalized spacial score (nSPS) is 11.8. The van der Waals surface area contributed by atoms with E-state index in [0.717, 1.165) is 10.4 Å². The quantitative estimate of drug-likeness (QED) is 0.850. The average molecular weight is 337 g/mol. The van der Waals surface area contributed by atoms with Gasteiger partial charge in [-0.05, 0) is 43.7 Å². The number of hydrogen-bond donors (Lipinski definition) is 2. The number of aliphatic carboxylic acids is 1. The number of carbonyl (C=O) groups excluding carboxylic acids is 1. The number of hydrogen-bond acceptors (Lipinski definition) is 4. The Hall–Kier alpha value is -2.41. The molecule has 0 aliphatic carbocycles. The van der Waals surface area contributed by atoms with E-state index in [4.69, 9.17) is 4.74 Å². The number of nitrogens with one attached hydrogen (secondary N) is 1. The Labute approximate surface area is 136 Å². The van der Waals surface area contributed by atoms with E-state index in [9.17, 15) is 19.1 Å². The van der Waals surface area contributed by atoms with Crippen molar-refractivity contribution < 1.29 is 23.8 Å². The van der Waals surface area contributed by atoms with Crippen LogP contribution in [0.15, 0.2) is 29.6 Å². The molecule has 2 N–H and O–H groups in total. The Bertz CT molecular complexity index is 711. The highest BCUT2D eigenvalue weighted by atomic mass is 32.1. The summed E-state index contributed by atoms with van der Waals surface area (Å²) in [7, 11) is 0. The van der Waals surface area contributed by atoms with Crippen LogP contribution in [0.1, 0.15) is 20.8 Å². The lowest BCUT2D eigenvalue weighted by Gasteiger charge is -2.16. The maximum atomic E-state index is 12.8. The van der Waals surface area contributed by atoms with Crippen molar-refractivity contribution in [1.82, 2.24) is 5.32 Å². The second kappa shape index (κ2) is 7.23. The third-order valence-corrected chi connectivity index (χ3v) is 4.36. The van der Waals surface area contributed by atoms with E-state index in [1.807, 2.05) is 13.8 Å². The number of halogens is 1. The summed E-state index contributed by atoms with van der Waals surface area (Å²) < 4.78 is 18.1. The molecule has 0 fully saturated rings. The number of amides is 1. The number of carboxylic acids is 1. The van der Waals surface area contributed by atoms with E-state index in [1.54, 1.807) is 5.38 Å². The molecule has 1 unspecified atom stereocenters. The van der Waals surface area contributed by atoms with Gasteiger partial charge in [0.1, 0.15) is 11.6 Å². The maximum Gasteiger partial charge on any atom is 0.346 e.